The summed E-state index contributed by atoms with van der Waals surface area (Å²) in [4.78, 5) is 24.0. The molecule has 0 atom stereocenters. The van der Waals surface area contributed by atoms with Crippen LogP contribution in [0.2, 0.25) is 0 Å². The van der Waals surface area contributed by atoms with E-state index in [1.807, 2.05) is 0 Å². The van der Waals surface area contributed by atoms with E-state index >= 15 is 0 Å². The number of nitrogens with one attached hydrogen (secondary N) is 1. The smallest absolute Gasteiger partial charge is 0.257 e. The van der Waals surface area contributed by atoms with Crippen LogP contribution in [0.1, 0.15) is 20.7 Å². The third-order valence-corrected chi connectivity index (χ3v) is 3.67. The molecule has 0 saturated heterocycles. The van der Waals surface area contributed by atoms with E-state index in [9.17, 15) is 18.4 Å². The Balaban J connectivity index is 2.01. The zero-order chi connectivity index (χ0) is 18.8. The SMILES string of the molecule is Cn1cc(-c2ccccc2C(N)=O)c(NC(=O)c2cc(F)cc(F)c2)n1. The Morgan fingerprint density at radius 1 is 1.08 bits per heavy atom. The molecule has 0 unspecified atom stereocenters. The predicted molar refractivity (Wildman–Crippen MR) is 91.5 cm³/mol. The minimum Gasteiger partial charge on any atom is -0.366 e. The van der Waals surface area contributed by atoms with Crippen LogP contribution < -0.4 is 11.1 Å². The third kappa shape index (κ3) is 3.44. The average molecular weight is 356 g/mol. The fraction of sp³-hybridized carbons (Fsp3) is 0.0556. The molecule has 0 aliphatic carbocycles. The molecule has 1 aromatic heterocycles. The van der Waals surface area contributed by atoms with Crippen LogP contribution in [0.5, 0.6) is 0 Å². The van der Waals surface area contributed by atoms with Crippen LogP contribution in [0.15, 0.2) is 48.7 Å². The van der Waals surface area contributed by atoms with Crippen LogP contribution in [0.3, 0.4) is 0 Å². The first-order valence-corrected chi connectivity index (χ1v) is 7.55. The maximum atomic E-state index is 13.3. The summed E-state index contributed by atoms with van der Waals surface area (Å²) in [6, 6.07) is 9.09. The second-order valence-corrected chi connectivity index (χ2v) is 5.59. The number of hydrogen-bond donors (Lipinski definition) is 2. The molecule has 2 aromatic carbocycles. The first kappa shape index (κ1) is 17.3. The zero-order valence-corrected chi connectivity index (χ0v) is 13.7. The van der Waals surface area contributed by atoms with Crippen LogP contribution >= 0.6 is 0 Å². The number of amides is 2. The van der Waals surface area contributed by atoms with Gasteiger partial charge in [-0.25, -0.2) is 8.78 Å². The van der Waals surface area contributed by atoms with Crippen molar-refractivity contribution in [2.24, 2.45) is 12.8 Å². The zero-order valence-electron chi connectivity index (χ0n) is 13.7. The normalized spacial score (nSPS) is 10.6. The number of carbonyl (C=O) groups excluding carboxylic acids is 2. The highest BCUT2D eigenvalue weighted by Crippen LogP contribution is 2.30. The Bertz CT molecular complexity index is 994. The molecule has 132 valence electrons. The number of aryl methyl sites for hydroxylation is 1. The van der Waals surface area contributed by atoms with Crippen LogP contribution in [-0.4, -0.2) is 21.6 Å². The summed E-state index contributed by atoms with van der Waals surface area (Å²) >= 11 is 0. The van der Waals surface area contributed by atoms with E-state index in [0.717, 1.165) is 12.1 Å². The number of aromatic nitrogens is 2. The Kier molecular flexibility index (Phi) is 4.49. The van der Waals surface area contributed by atoms with E-state index in [4.69, 9.17) is 5.73 Å². The molecular weight excluding hydrogens is 342 g/mol. The first-order valence-electron chi connectivity index (χ1n) is 7.55. The van der Waals surface area contributed by atoms with Gasteiger partial charge in [-0.05, 0) is 23.8 Å². The van der Waals surface area contributed by atoms with Crippen molar-refractivity contribution in [2.75, 3.05) is 5.32 Å². The number of rotatable bonds is 4. The lowest BCUT2D eigenvalue weighted by Crippen LogP contribution is -2.15. The van der Waals surface area contributed by atoms with Crippen molar-refractivity contribution in [1.29, 1.82) is 0 Å². The molecule has 26 heavy (non-hydrogen) atoms. The summed E-state index contributed by atoms with van der Waals surface area (Å²) in [5.41, 5.74) is 6.39. The highest BCUT2D eigenvalue weighted by Gasteiger charge is 2.18. The number of benzene rings is 2. The molecule has 3 rings (SSSR count). The molecule has 0 aliphatic heterocycles. The molecule has 0 bridgehead atoms. The van der Waals surface area contributed by atoms with Gasteiger partial charge >= 0.3 is 0 Å². The molecule has 3 aromatic rings. The fourth-order valence-corrected chi connectivity index (χ4v) is 2.58. The summed E-state index contributed by atoms with van der Waals surface area (Å²) in [6.45, 7) is 0. The van der Waals surface area contributed by atoms with Gasteiger partial charge in [-0.3, -0.25) is 14.3 Å². The number of hydrogen-bond acceptors (Lipinski definition) is 3. The van der Waals surface area contributed by atoms with Gasteiger partial charge in [-0.1, -0.05) is 18.2 Å². The van der Waals surface area contributed by atoms with E-state index in [1.54, 1.807) is 37.5 Å². The maximum Gasteiger partial charge on any atom is 0.257 e. The van der Waals surface area contributed by atoms with Crippen molar-refractivity contribution in [3.8, 4) is 11.1 Å². The third-order valence-electron chi connectivity index (χ3n) is 3.67. The number of anilines is 1. The number of primary amides is 1. The highest BCUT2D eigenvalue weighted by molar-refractivity contribution is 6.07. The van der Waals surface area contributed by atoms with Crippen molar-refractivity contribution in [3.63, 3.8) is 0 Å². The van der Waals surface area contributed by atoms with Gasteiger partial charge in [-0.15, -0.1) is 0 Å². The van der Waals surface area contributed by atoms with Crippen molar-refractivity contribution >= 4 is 17.6 Å². The van der Waals surface area contributed by atoms with Gasteiger partial charge in [0.2, 0.25) is 5.91 Å². The molecule has 0 spiro atoms. The Hall–Kier alpha value is -3.55. The minimum atomic E-state index is -0.865. The van der Waals surface area contributed by atoms with Crippen LogP contribution in [0.25, 0.3) is 11.1 Å². The van der Waals surface area contributed by atoms with Crippen molar-refractivity contribution < 1.29 is 18.4 Å². The standard InChI is InChI=1S/C18H14F2N4O2/c1-24-9-15(13-4-2-3-5-14(13)16(21)25)17(23-24)22-18(26)10-6-11(19)8-12(20)7-10/h2-9H,1H3,(H2,21,25)(H,22,23,26). The summed E-state index contributed by atoms with van der Waals surface area (Å²) in [7, 11) is 1.63. The van der Waals surface area contributed by atoms with Crippen LogP contribution in [0.4, 0.5) is 14.6 Å². The lowest BCUT2D eigenvalue weighted by atomic mass is 10.0. The maximum absolute atomic E-state index is 13.3. The number of carbonyl (C=O) groups is 2. The second-order valence-electron chi connectivity index (χ2n) is 5.59. The fourth-order valence-electron chi connectivity index (χ4n) is 2.58. The summed E-state index contributed by atoms with van der Waals surface area (Å²) in [5, 5.41) is 6.65. The Morgan fingerprint density at radius 2 is 1.73 bits per heavy atom. The molecule has 1 heterocycles. The molecule has 8 heteroatoms. The van der Waals surface area contributed by atoms with E-state index < -0.39 is 23.4 Å². The molecule has 2 amide bonds. The molecular formula is C18H14F2N4O2. The van der Waals surface area contributed by atoms with Crippen molar-refractivity contribution in [1.82, 2.24) is 9.78 Å². The van der Waals surface area contributed by atoms with Gasteiger partial charge < -0.3 is 11.1 Å². The number of halogens is 2. The molecule has 0 aliphatic rings. The monoisotopic (exact) mass is 356 g/mol. The van der Waals surface area contributed by atoms with E-state index in [0.29, 0.717) is 17.2 Å². The topological polar surface area (TPSA) is 90.0 Å². The predicted octanol–water partition coefficient (Wildman–Crippen LogP) is 2.72. The largest absolute Gasteiger partial charge is 0.366 e. The van der Waals surface area contributed by atoms with Crippen LogP contribution in [0, 0.1) is 11.6 Å². The summed E-state index contributed by atoms with van der Waals surface area (Å²) in [5.74, 6) is -2.96. The Morgan fingerprint density at radius 3 is 2.38 bits per heavy atom. The average Bonchev–Trinajstić information content (AvgIpc) is 2.94. The first-order chi connectivity index (χ1) is 12.3. The number of nitrogens with two attached hydrogens (primary N) is 1. The second kappa shape index (κ2) is 6.75. The molecule has 6 nitrogen and oxygen atoms in total. The van der Waals surface area contributed by atoms with E-state index in [-0.39, 0.29) is 16.9 Å². The quantitative estimate of drug-likeness (QED) is 0.753. The van der Waals surface area contributed by atoms with Crippen molar-refractivity contribution in [3.05, 3.63) is 71.4 Å². The lowest BCUT2D eigenvalue weighted by Gasteiger charge is -2.08. The van der Waals surface area contributed by atoms with Gasteiger partial charge in [0.15, 0.2) is 5.82 Å². The number of nitrogens with zero attached hydrogens (tertiary/aromatic N) is 2. The highest BCUT2D eigenvalue weighted by atomic mass is 19.1. The van der Waals surface area contributed by atoms with E-state index in [1.165, 1.54) is 4.68 Å². The molecule has 3 N–H and O–H groups in total. The lowest BCUT2D eigenvalue weighted by molar-refractivity contribution is 0.0998. The van der Waals surface area contributed by atoms with Crippen LogP contribution in [-0.2, 0) is 7.05 Å². The summed E-state index contributed by atoms with van der Waals surface area (Å²) < 4.78 is 28.1. The molecule has 0 saturated carbocycles. The van der Waals surface area contributed by atoms with E-state index in [2.05, 4.69) is 10.4 Å². The summed E-state index contributed by atoms with van der Waals surface area (Å²) in [6.07, 6.45) is 1.60. The van der Waals surface area contributed by atoms with Crippen molar-refractivity contribution in [2.45, 2.75) is 0 Å². The van der Waals surface area contributed by atoms with Gasteiger partial charge in [-0.2, -0.15) is 5.10 Å². The molecule has 0 radical (unpaired) electrons. The van der Waals surface area contributed by atoms with Gasteiger partial charge in [0, 0.05) is 36.0 Å². The van der Waals surface area contributed by atoms with Gasteiger partial charge in [0.05, 0.1) is 0 Å². The van der Waals surface area contributed by atoms with Gasteiger partial charge in [0.1, 0.15) is 11.6 Å². The van der Waals surface area contributed by atoms with Gasteiger partial charge in [0.25, 0.3) is 5.91 Å². The Labute approximate surface area is 147 Å². The molecule has 0 fully saturated rings. The minimum absolute atomic E-state index is 0.135.